The van der Waals surface area contributed by atoms with Crippen LogP contribution in [0.1, 0.15) is 131 Å². The molecule has 0 aromatic rings. The Morgan fingerprint density at radius 2 is 0.860 bits per heavy atom. The van der Waals surface area contributed by atoms with Crippen LogP contribution in [-0.2, 0) is 134 Å². The lowest BCUT2D eigenvalue weighted by molar-refractivity contribution is -0.368. The van der Waals surface area contributed by atoms with E-state index in [-0.39, 0.29) is 82.0 Å². The van der Waals surface area contributed by atoms with Crippen molar-refractivity contribution in [2.24, 2.45) is 5.41 Å². The second-order valence-corrected chi connectivity index (χ2v) is 29.4. The maximum absolute atomic E-state index is 12.9. The SMILES string of the molecule is CCC1OC(OC2C(C(=O)O)OC(OC3C(COS(=O)(=O)O)OC(OC4C(C(=O)O)OC(OCCCCCCNC(=O)CCOCCOCCOCCNC(=O)CCCCCCCNC(=O)CCOCC(C)(C)CC)C(OS(=O)(=O)O)C4O)C(NC(C)=O)C3O)C(OS(=O)(=O)O)C2O)C(NC(C)=O)C(O)C1O. The van der Waals surface area contributed by atoms with Gasteiger partial charge in [0, 0.05) is 59.4 Å². The molecule has 4 rings (SSSR count). The Morgan fingerprint density at radius 3 is 1.36 bits per heavy atom. The number of unbranched alkanes of at least 4 members (excludes halogenated alkanes) is 7. The lowest BCUT2D eigenvalue weighted by Crippen LogP contribution is -2.70. The van der Waals surface area contributed by atoms with E-state index in [9.17, 15) is 108 Å². The molecule has 4 saturated heterocycles. The summed E-state index contributed by atoms with van der Waals surface area (Å²) in [6.07, 6.45) is -34.5. The monoisotopic (exact) mass is 1610 g/mol. The number of carbonyl (C=O) groups excluding carboxylic acids is 5. The van der Waals surface area contributed by atoms with E-state index in [0.29, 0.717) is 71.6 Å². The highest BCUT2D eigenvalue weighted by molar-refractivity contribution is 7.81. The summed E-state index contributed by atoms with van der Waals surface area (Å²) < 4.78 is 183. The molecule has 5 amide bonds. The van der Waals surface area contributed by atoms with Crippen LogP contribution < -0.4 is 26.6 Å². The van der Waals surface area contributed by atoms with E-state index in [4.69, 9.17) is 56.8 Å². The Kier molecular flexibility index (Phi) is 41.5. The Hall–Kier alpha value is -4.78. The van der Waals surface area contributed by atoms with Crippen LogP contribution in [0.25, 0.3) is 0 Å². The molecule has 4 fully saturated rings. The van der Waals surface area contributed by atoms with Crippen LogP contribution in [0.5, 0.6) is 0 Å². The predicted molar refractivity (Wildman–Crippen MR) is 358 cm³/mol. The highest BCUT2D eigenvalue weighted by atomic mass is 32.3. The summed E-state index contributed by atoms with van der Waals surface area (Å²) in [5, 5.41) is 90.6. The number of carboxylic acid groups (broad SMARTS) is 2. The van der Waals surface area contributed by atoms with Crippen molar-refractivity contribution in [2.75, 3.05) is 85.7 Å². The summed E-state index contributed by atoms with van der Waals surface area (Å²) in [4.78, 5) is 87.3. The first-order valence-corrected chi connectivity index (χ1v) is 39.0. The zero-order valence-electron chi connectivity index (χ0n) is 60.3. The predicted octanol–water partition coefficient (Wildman–Crippen LogP) is -3.82. The van der Waals surface area contributed by atoms with Gasteiger partial charge < -0.3 is 119 Å². The van der Waals surface area contributed by atoms with Gasteiger partial charge in [0.25, 0.3) is 0 Å². The van der Waals surface area contributed by atoms with E-state index in [1.165, 1.54) is 6.92 Å². The average molecular weight is 1610 g/mol. The van der Waals surface area contributed by atoms with Gasteiger partial charge in [0.2, 0.25) is 29.5 Å². The van der Waals surface area contributed by atoms with Gasteiger partial charge in [-0.05, 0) is 43.9 Å². The van der Waals surface area contributed by atoms with Crippen molar-refractivity contribution in [1.82, 2.24) is 26.6 Å². The van der Waals surface area contributed by atoms with Crippen LogP contribution in [0.4, 0.5) is 0 Å². The molecular formula is C61H107N5O38S3. The molecule has 0 aromatic carbocycles. The zero-order valence-corrected chi connectivity index (χ0v) is 62.7. The number of amides is 5. The maximum Gasteiger partial charge on any atom is 0.397 e. The quantitative estimate of drug-likeness (QED) is 0.0205. The van der Waals surface area contributed by atoms with E-state index >= 15 is 0 Å². The summed E-state index contributed by atoms with van der Waals surface area (Å²) in [7, 11) is -17.0. The van der Waals surface area contributed by atoms with Crippen LogP contribution in [0.3, 0.4) is 0 Å². The third kappa shape index (κ3) is 34.8. The number of aliphatic hydroxyl groups is 5. The van der Waals surface area contributed by atoms with Gasteiger partial charge in [0.15, 0.2) is 49.6 Å². The molecule has 20 atom stereocenters. The smallest absolute Gasteiger partial charge is 0.397 e. The van der Waals surface area contributed by atoms with Crippen molar-refractivity contribution in [3.8, 4) is 0 Å². The Balaban J connectivity index is 1.24. The maximum atomic E-state index is 12.9. The largest absolute Gasteiger partial charge is 0.479 e. The van der Waals surface area contributed by atoms with Gasteiger partial charge in [-0.3, -0.25) is 37.6 Å². The second kappa shape index (κ2) is 46.9. The first kappa shape index (κ1) is 94.6. The van der Waals surface area contributed by atoms with Crippen molar-refractivity contribution in [3.63, 3.8) is 0 Å². The molecule has 20 unspecified atom stereocenters. The normalized spacial score (nSPS) is 29.4. The molecule has 0 saturated carbocycles. The van der Waals surface area contributed by atoms with Gasteiger partial charge in [0.05, 0.1) is 65.6 Å². The number of carboxylic acids is 2. The third-order valence-electron chi connectivity index (χ3n) is 17.1. The molecule has 4 aliphatic heterocycles. The van der Waals surface area contributed by atoms with Crippen LogP contribution >= 0.6 is 0 Å². The Morgan fingerprint density at radius 1 is 0.430 bits per heavy atom. The summed E-state index contributed by atoms with van der Waals surface area (Å²) in [5.41, 5.74) is 0.0978. The summed E-state index contributed by atoms with van der Waals surface area (Å²) in [6.45, 7) is 11.4. The summed E-state index contributed by atoms with van der Waals surface area (Å²) in [6, 6.07) is -3.97. The van der Waals surface area contributed by atoms with E-state index in [0.717, 1.165) is 52.4 Å². The van der Waals surface area contributed by atoms with Crippen molar-refractivity contribution in [1.29, 1.82) is 0 Å². The summed E-state index contributed by atoms with van der Waals surface area (Å²) >= 11 is 0. The van der Waals surface area contributed by atoms with Crippen molar-refractivity contribution >= 4 is 72.7 Å². The van der Waals surface area contributed by atoms with Crippen LogP contribution in [0.2, 0.25) is 0 Å². The molecule has 622 valence electrons. The molecule has 107 heavy (non-hydrogen) atoms. The minimum absolute atomic E-state index is 0.0187. The molecule has 0 spiro atoms. The number of nitrogens with one attached hydrogen (secondary N) is 5. The minimum atomic E-state index is -5.83. The summed E-state index contributed by atoms with van der Waals surface area (Å²) in [5.74, 6) is -6.42. The minimum Gasteiger partial charge on any atom is -0.479 e. The molecule has 46 heteroatoms. The molecule has 43 nitrogen and oxygen atoms in total. The molecule has 4 aliphatic rings. The van der Waals surface area contributed by atoms with Gasteiger partial charge in [-0.15, -0.1) is 0 Å². The Labute approximate surface area is 619 Å². The third-order valence-corrected chi connectivity index (χ3v) is 18.4. The number of ether oxygens (including phenoxy) is 12. The first-order chi connectivity index (χ1) is 50.3. The van der Waals surface area contributed by atoms with Gasteiger partial charge >= 0.3 is 43.1 Å². The molecule has 15 N–H and O–H groups in total. The first-order valence-electron chi connectivity index (χ1n) is 34.9. The van der Waals surface area contributed by atoms with Crippen LogP contribution in [0.15, 0.2) is 0 Å². The molecule has 0 bridgehead atoms. The number of aliphatic hydroxyl groups excluding tert-OH is 5. The van der Waals surface area contributed by atoms with Crippen molar-refractivity contribution in [2.45, 2.75) is 254 Å². The molecular weight excluding hydrogens is 1510 g/mol. The van der Waals surface area contributed by atoms with Gasteiger partial charge in [-0.1, -0.05) is 59.8 Å². The standard InChI is InChI=1S/C61H107N5O38S3/c1-7-36-43(72)44(73)41(65-34(3)67)57(96-36)99-50-47(76)52(104-107(87,88)89)60(102-54(50)56(79)80)98-48-37(32-95-105(81,82)83)97-58(42(45(48)74)66-35(4)68)100-49-46(75)51(103-106(84,85)86)59(101-53(49)55(77)78)94-24-17-13-12-16-22-62-39(70)19-25-90-28-30-92-31-29-91-27-23-64-38(69)18-14-10-9-11-15-21-63-40(71)20-26-93-33-61(5,6)8-2/h36-37,41-54,57-60,72-76H,7-33H2,1-6H3,(H,62,70)(H,63,71)(H,64,69)(H,65,67)(H,66,68)(H,77,78)(H,79,80)(H,81,82,83)(H,84,85,86)(H,87,88,89). The molecule has 0 aliphatic carbocycles. The van der Waals surface area contributed by atoms with Gasteiger partial charge in [-0.2, -0.15) is 25.3 Å². The average Bonchev–Trinajstić information content (AvgIpc) is 0.760. The van der Waals surface area contributed by atoms with Gasteiger partial charge in [0.1, 0.15) is 67.0 Å². The van der Waals surface area contributed by atoms with Crippen molar-refractivity contribution < 1.29 is 178 Å². The fourth-order valence-electron chi connectivity index (χ4n) is 11.2. The topological polar surface area (TPSA) is 623 Å². The lowest BCUT2D eigenvalue weighted by Gasteiger charge is -2.50. The molecule has 4 heterocycles. The number of rotatable bonds is 52. The number of aliphatic carboxylic acids is 2. The van der Waals surface area contributed by atoms with Crippen LogP contribution in [-0.4, -0.2) is 325 Å². The van der Waals surface area contributed by atoms with E-state index in [1.807, 2.05) is 0 Å². The van der Waals surface area contributed by atoms with E-state index in [1.54, 1.807) is 0 Å². The molecule has 0 aromatic heterocycles. The fraction of sp³-hybridized carbons (Fsp3) is 0.885. The highest BCUT2D eigenvalue weighted by Crippen LogP contribution is 2.37. The Bertz CT molecular complexity index is 3090. The molecule has 0 radical (unpaired) electrons. The number of carbonyl (C=O) groups is 7. The van der Waals surface area contributed by atoms with Crippen molar-refractivity contribution in [3.05, 3.63) is 0 Å². The fourth-order valence-corrected chi connectivity index (χ4v) is 12.5. The second-order valence-electron chi connectivity index (χ2n) is 26.2. The lowest BCUT2D eigenvalue weighted by atomic mass is 9.92. The number of hydrogen-bond donors (Lipinski definition) is 15. The van der Waals surface area contributed by atoms with Crippen LogP contribution in [0, 0.1) is 5.41 Å². The van der Waals surface area contributed by atoms with Gasteiger partial charge in [-0.25, -0.2) is 22.1 Å². The zero-order chi connectivity index (χ0) is 79.8. The highest BCUT2D eigenvalue weighted by Gasteiger charge is 2.59. The van der Waals surface area contributed by atoms with E-state index in [2.05, 4.69) is 59.9 Å². The van der Waals surface area contributed by atoms with E-state index < -0.39 is 184 Å². The number of hydrogen-bond acceptors (Lipinski definition) is 33.